The fourth-order valence-corrected chi connectivity index (χ4v) is 5.49. The Balaban J connectivity index is 1.48. The van der Waals surface area contributed by atoms with Crippen LogP contribution >= 0.6 is 11.8 Å². The molecule has 4 atom stereocenters. The minimum absolute atomic E-state index is 0.0344. The zero-order valence-corrected chi connectivity index (χ0v) is 15.2. The monoisotopic (exact) mass is 382 g/mol. The molecule has 3 fully saturated rings. The molecule has 1 saturated carbocycles. The smallest absolute Gasteiger partial charge is 0.414 e. The van der Waals surface area contributed by atoms with Gasteiger partial charge in [-0.05, 0) is 41.4 Å². The average Bonchev–Trinajstić information content (AvgIpc) is 2.97. The number of benzene rings is 1. The lowest BCUT2D eigenvalue weighted by molar-refractivity contribution is -0.121. The highest BCUT2D eigenvalue weighted by Crippen LogP contribution is 2.62. The summed E-state index contributed by atoms with van der Waals surface area (Å²) in [7, 11) is 0. The Labute approximate surface area is 154 Å². The summed E-state index contributed by atoms with van der Waals surface area (Å²) in [6.45, 7) is 2.05. The van der Waals surface area contributed by atoms with Gasteiger partial charge in [-0.2, -0.15) is 11.8 Å². The highest BCUT2D eigenvalue weighted by atomic mass is 32.2. The largest absolute Gasteiger partial charge is 0.442 e. The van der Waals surface area contributed by atoms with E-state index in [-0.39, 0.29) is 36.2 Å². The molecule has 2 aliphatic heterocycles. The molecule has 1 aliphatic carbocycles. The normalized spacial score (nSPS) is 29.5. The third-order valence-electron chi connectivity index (χ3n) is 5.38. The van der Waals surface area contributed by atoms with Crippen molar-refractivity contribution in [3.63, 3.8) is 0 Å². The molecule has 1 aromatic carbocycles. The highest BCUT2D eigenvalue weighted by molar-refractivity contribution is 7.99. The van der Waals surface area contributed by atoms with Crippen LogP contribution in [-0.2, 0) is 9.53 Å². The van der Waals surface area contributed by atoms with Crippen molar-refractivity contribution >= 4 is 29.4 Å². The van der Waals surface area contributed by atoms with Gasteiger partial charge in [-0.3, -0.25) is 9.69 Å². The van der Waals surface area contributed by atoms with E-state index in [0.29, 0.717) is 18.3 Å². The third kappa shape index (κ3) is 3.04. The molecule has 1 aromatic rings. The van der Waals surface area contributed by atoms with Gasteiger partial charge in [-0.25, -0.2) is 13.6 Å². The van der Waals surface area contributed by atoms with Crippen molar-refractivity contribution in [1.82, 2.24) is 5.32 Å². The van der Waals surface area contributed by atoms with Crippen LogP contribution in [0, 0.1) is 23.5 Å². The summed E-state index contributed by atoms with van der Waals surface area (Å²) in [6.07, 6.45) is -0.861. The van der Waals surface area contributed by atoms with Crippen LogP contribution in [0.5, 0.6) is 0 Å². The van der Waals surface area contributed by atoms with Crippen molar-refractivity contribution in [2.75, 3.05) is 29.5 Å². The van der Waals surface area contributed by atoms with Crippen molar-refractivity contribution in [2.24, 2.45) is 11.8 Å². The summed E-state index contributed by atoms with van der Waals surface area (Å²) in [5, 5.41) is 2.65. The zero-order chi connectivity index (χ0) is 18.4. The van der Waals surface area contributed by atoms with E-state index in [1.807, 2.05) is 11.8 Å². The Morgan fingerprint density at radius 3 is 2.58 bits per heavy atom. The zero-order valence-electron chi connectivity index (χ0n) is 14.3. The SMILES string of the molecule is CCC(=O)NC[C@H]1CN(c2cc(F)c(C3[C@H]4CSC[C@@H]34)c(F)c2)C(=O)O1. The molecular weight excluding hydrogens is 362 g/mol. The molecule has 5 nitrogen and oxygen atoms in total. The predicted molar refractivity (Wildman–Crippen MR) is 94.3 cm³/mol. The molecule has 4 rings (SSSR count). The summed E-state index contributed by atoms with van der Waals surface area (Å²) in [6, 6.07) is 2.43. The number of amides is 2. The molecule has 2 amide bonds. The standard InChI is InChI=1S/C18H20F2N2O3S/c1-2-15(23)21-5-10-6-22(18(24)25-10)9-3-13(19)17(14(20)4-9)16-11-7-26-8-12(11)16/h3-4,10-12,16H,2,5-8H2,1H3,(H,21,23)/t10-,11-,12+,16?/m0/s1. The number of carbonyl (C=O) groups is 2. The van der Waals surface area contributed by atoms with Gasteiger partial charge in [0.25, 0.3) is 0 Å². The van der Waals surface area contributed by atoms with Crippen LogP contribution in [0.3, 0.4) is 0 Å². The summed E-state index contributed by atoms with van der Waals surface area (Å²) < 4.78 is 34.4. The second-order valence-electron chi connectivity index (χ2n) is 6.99. The summed E-state index contributed by atoms with van der Waals surface area (Å²) in [4.78, 5) is 24.6. The van der Waals surface area contributed by atoms with Crippen LogP contribution in [0.25, 0.3) is 0 Å². The number of rotatable bonds is 5. The number of anilines is 1. The van der Waals surface area contributed by atoms with Gasteiger partial charge in [-0.1, -0.05) is 6.92 Å². The molecule has 2 heterocycles. The number of fused-ring (bicyclic) bond motifs is 1. The maximum atomic E-state index is 14.6. The van der Waals surface area contributed by atoms with Crippen LogP contribution in [0.2, 0.25) is 0 Å². The Morgan fingerprint density at radius 2 is 1.96 bits per heavy atom. The Kier molecular flexibility index (Phi) is 4.54. The molecule has 0 spiro atoms. The van der Waals surface area contributed by atoms with Gasteiger partial charge in [0.1, 0.15) is 17.7 Å². The summed E-state index contributed by atoms with van der Waals surface area (Å²) in [5.41, 5.74) is 0.307. The van der Waals surface area contributed by atoms with Gasteiger partial charge in [0.05, 0.1) is 18.8 Å². The minimum atomic E-state index is -0.660. The average molecular weight is 382 g/mol. The van der Waals surface area contributed by atoms with Crippen molar-refractivity contribution < 1.29 is 23.1 Å². The number of halogens is 2. The first-order chi connectivity index (χ1) is 12.5. The number of ether oxygens (including phenoxy) is 1. The van der Waals surface area contributed by atoms with E-state index in [2.05, 4.69) is 5.32 Å². The first-order valence-electron chi connectivity index (χ1n) is 8.81. The molecule has 26 heavy (non-hydrogen) atoms. The van der Waals surface area contributed by atoms with E-state index in [9.17, 15) is 18.4 Å². The summed E-state index contributed by atoms with van der Waals surface area (Å²) >= 11 is 1.83. The molecule has 1 N–H and O–H groups in total. The van der Waals surface area contributed by atoms with Crippen LogP contribution in [-0.4, -0.2) is 42.7 Å². The second kappa shape index (κ2) is 6.72. The van der Waals surface area contributed by atoms with E-state index in [1.165, 1.54) is 17.0 Å². The van der Waals surface area contributed by atoms with Gasteiger partial charge in [-0.15, -0.1) is 0 Å². The Hall–Kier alpha value is -1.83. The van der Waals surface area contributed by atoms with Gasteiger partial charge in [0.2, 0.25) is 5.91 Å². The topological polar surface area (TPSA) is 58.6 Å². The van der Waals surface area contributed by atoms with Crippen LogP contribution in [0.4, 0.5) is 19.3 Å². The van der Waals surface area contributed by atoms with Gasteiger partial charge < -0.3 is 10.1 Å². The Bertz CT molecular complexity index is 727. The fourth-order valence-electron chi connectivity index (χ4n) is 3.90. The van der Waals surface area contributed by atoms with Gasteiger partial charge >= 0.3 is 6.09 Å². The van der Waals surface area contributed by atoms with E-state index in [0.717, 1.165) is 11.5 Å². The minimum Gasteiger partial charge on any atom is -0.442 e. The number of hydrogen-bond acceptors (Lipinski definition) is 4. The van der Waals surface area contributed by atoms with Crippen LogP contribution in [0.15, 0.2) is 12.1 Å². The lowest BCUT2D eigenvalue weighted by atomic mass is 10.1. The molecule has 140 valence electrons. The van der Waals surface area contributed by atoms with Gasteiger partial charge in [0, 0.05) is 12.0 Å². The number of carbonyl (C=O) groups excluding carboxylic acids is 2. The number of nitrogens with zero attached hydrogens (tertiary/aromatic N) is 1. The molecule has 0 aromatic heterocycles. The lowest BCUT2D eigenvalue weighted by Crippen LogP contribution is -2.34. The summed E-state index contributed by atoms with van der Waals surface area (Å²) in [5.74, 6) is 1.29. The number of nitrogens with one attached hydrogen (secondary N) is 1. The molecular formula is C18H20F2N2O3S. The molecule has 1 unspecified atom stereocenters. The number of cyclic esters (lactones) is 1. The van der Waals surface area contributed by atoms with Crippen molar-refractivity contribution in [2.45, 2.75) is 25.4 Å². The van der Waals surface area contributed by atoms with Gasteiger partial charge in [0.15, 0.2) is 0 Å². The van der Waals surface area contributed by atoms with Crippen molar-refractivity contribution in [3.05, 3.63) is 29.3 Å². The first kappa shape index (κ1) is 17.6. The third-order valence-corrected chi connectivity index (χ3v) is 6.62. The quantitative estimate of drug-likeness (QED) is 0.851. The predicted octanol–water partition coefficient (Wildman–Crippen LogP) is 2.89. The van der Waals surface area contributed by atoms with Crippen LogP contribution < -0.4 is 10.2 Å². The molecule has 0 bridgehead atoms. The van der Waals surface area contributed by atoms with Crippen LogP contribution in [0.1, 0.15) is 24.8 Å². The Morgan fingerprint density at radius 1 is 1.31 bits per heavy atom. The molecule has 8 heteroatoms. The fraction of sp³-hybridized carbons (Fsp3) is 0.556. The van der Waals surface area contributed by atoms with E-state index < -0.39 is 23.8 Å². The highest BCUT2D eigenvalue weighted by Gasteiger charge is 2.55. The number of hydrogen-bond donors (Lipinski definition) is 1. The van der Waals surface area contributed by atoms with E-state index in [4.69, 9.17) is 4.74 Å². The van der Waals surface area contributed by atoms with E-state index in [1.54, 1.807) is 6.92 Å². The molecule has 3 aliphatic rings. The molecule has 0 radical (unpaired) electrons. The maximum absolute atomic E-state index is 14.6. The number of thioether (sulfide) groups is 1. The first-order valence-corrected chi connectivity index (χ1v) is 9.96. The molecule has 2 saturated heterocycles. The van der Waals surface area contributed by atoms with Crippen molar-refractivity contribution in [1.29, 1.82) is 0 Å². The van der Waals surface area contributed by atoms with E-state index >= 15 is 0 Å². The maximum Gasteiger partial charge on any atom is 0.414 e. The lowest BCUT2D eigenvalue weighted by Gasteiger charge is -2.16. The van der Waals surface area contributed by atoms with Crippen molar-refractivity contribution in [3.8, 4) is 0 Å². The second-order valence-corrected chi connectivity index (χ2v) is 8.06.